The fourth-order valence-electron chi connectivity index (χ4n) is 2.53. The molecule has 0 aliphatic carbocycles. The van der Waals surface area contributed by atoms with Gasteiger partial charge in [0.15, 0.2) is 0 Å². The summed E-state index contributed by atoms with van der Waals surface area (Å²) < 4.78 is 18.7. The second-order valence-corrected chi connectivity index (χ2v) is 5.54. The van der Waals surface area contributed by atoms with Crippen LogP contribution in [0.5, 0.6) is 5.75 Å². The number of nitrogens with zero attached hydrogens (tertiary/aromatic N) is 2. The summed E-state index contributed by atoms with van der Waals surface area (Å²) >= 11 is 0. The van der Waals surface area contributed by atoms with Gasteiger partial charge in [0, 0.05) is 5.56 Å². The van der Waals surface area contributed by atoms with Crippen molar-refractivity contribution in [1.82, 2.24) is 15.2 Å². The lowest BCUT2D eigenvalue weighted by atomic mass is 10.2. The molecular formula is C17H18FN3O2. The van der Waals surface area contributed by atoms with E-state index >= 15 is 0 Å². The summed E-state index contributed by atoms with van der Waals surface area (Å²) in [4.78, 5) is 18.0. The van der Waals surface area contributed by atoms with Gasteiger partial charge in [0.05, 0.1) is 31.5 Å². The molecule has 1 aromatic carbocycles. The number of amides is 2. The lowest BCUT2D eigenvalue weighted by molar-refractivity contribution is 0.158. The minimum Gasteiger partial charge on any atom is -0.489 e. The molecule has 2 heterocycles. The summed E-state index contributed by atoms with van der Waals surface area (Å²) in [6, 6.07) is 10.4. The lowest BCUT2D eigenvalue weighted by Crippen LogP contribution is -2.42. The van der Waals surface area contributed by atoms with Crippen molar-refractivity contribution in [2.24, 2.45) is 0 Å². The Bertz CT molecular complexity index is 690. The Morgan fingerprint density at radius 3 is 3.00 bits per heavy atom. The van der Waals surface area contributed by atoms with Crippen LogP contribution in [0, 0.1) is 5.82 Å². The molecule has 3 rings (SSSR count). The molecule has 1 N–H and O–H groups in total. The SMILES string of the molecule is CC1CN(C(=O)NCc2ccc(F)cn2)Cc2ccccc2O1. The van der Waals surface area contributed by atoms with Crippen LogP contribution in [-0.4, -0.2) is 28.6 Å². The number of hydrogen-bond acceptors (Lipinski definition) is 3. The highest BCUT2D eigenvalue weighted by Crippen LogP contribution is 2.24. The van der Waals surface area contributed by atoms with E-state index in [9.17, 15) is 9.18 Å². The van der Waals surface area contributed by atoms with Gasteiger partial charge < -0.3 is 15.0 Å². The fraction of sp³-hybridized carbons (Fsp3) is 0.294. The molecular weight excluding hydrogens is 297 g/mol. The molecule has 1 aliphatic rings. The van der Waals surface area contributed by atoms with Gasteiger partial charge >= 0.3 is 6.03 Å². The number of fused-ring (bicyclic) bond motifs is 1. The van der Waals surface area contributed by atoms with Crippen molar-refractivity contribution in [3.63, 3.8) is 0 Å². The van der Waals surface area contributed by atoms with Crippen LogP contribution >= 0.6 is 0 Å². The normalized spacial score (nSPS) is 17.0. The smallest absolute Gasteiger partial charge is 0.318 e. The zero-order valence-corrected chi connectivity index (χ0v) is 12.8. The third-order valence-electron chi connectivity index (χ3n) is 3.64. The van der Waals surface area contributed by atoms with Crippen molar-refractivity contribution in [3.05, 3.63) is 59.7 Å². The number of aromatic nitrogens is 1. The maximum atomic E-state index is 12.8. The van der Waals surface area contributed by atoms with E-state index in [2.05, 4.69) is 10.3 Å². The highest BCUT2D eigenvalue weighted by Gasteiger charge is 2.23. The average molecular weight is 315 g/mol. The van der Waals surface area contributed by atoms with Crippen LogP contribution in [0.1, 0.15) is 18.2 Å². The van der Waals surface area contributed by atoms with Crippen LogP contribution in [0.2, 0.25) is 0 Å². The molecule has 23 heavy (non-hydrogen) atoms. The van der Waals surface area contributed by atoms with Gasteiger partial charge in [-0.05, 0) is 25.1 Å². The second-order valence-electron chi connectivity index (χ2n) is 5.54. The monoisotopic (exact) mass is 315 g/mol. The van der Waals surface area contributed by atoms with E-state index < -0.39 is 5.82 Å². The fourth-order valence-corrected chi connectivity index (χ4v) is 2.53. The summed E-state index contributed by atoms with van der Waals surface area (Å²) in [6.45, 7) is 3.18. The Morgan fingerprint density at radius 2 is 2.22 bits per heavy atom. The van der Waals surface area contributed by atoms with Crippen molar-refractivity contribution in [3.8, 4) is 5.75 Å². The van der Waals surface area contributed by atoms with Crippen molar-refractivity contribution < 1.29 is 13.9 Å². The van der Waals surface area contributed by atoms with Gasteiger partial charge in [-0.1, -0.05) is 18.2 Å². The molecule has 0 saturated carbocycles. The number of rotatable bonds is 2. The number of benzene rings is 1. The van der Waals surface area contributed by atoms with Crippen LogP contribution in [0.25, 0.3) is 0 Å². The first-order valence-electron chi connectivity index (χ1n) is 7.49. The number of nitrogens with one attached hydrogen (secondary N) is 1. The predicted octanol–water partition coefficient (Wildman–Crippen LogP) is 2.71. The molecule has 2 amide bonds. The highest BCUT2D eigenvalue weighted by molar-refractivity contribution is 5.74. The maximum absolute atomic E-state index is 12.8. The molecule has 1 aliphatic heterocycles. The molecule has 0 saturated heterocycles. The predicted molar refractivity (Wildman–Crippen MR) is 83.4 cm³/mol. The zero-order chi connectivity index (χ0) is 16.2. The molecule has 0 spiro atoms. The molecule has 120 valence electrons. The summed E-state index contributed by atoms with van der Waals surface area (Å²) in [6.07, 6.45) is 1.05. The number of halogens is 1. The first-order valence-corrected chi connectivity index (χ1v) is 7.49. The molecule has 1 aromatic heterocycles. The lowest BCUT2D eigenvalue weighted by Gasteiger charge is -2.22. The minimum absolute atomic E-state index is 0.0895. The number of ether oxygens (including phenoxy) is 1. The van der Waals surface area contributed by atoms with Crippen LogP contribution in [0.15, 0.2) is 42.6 Å². The van der Waals surface area contributed by atoms with E-state index in [1.165, 1.54) is 6.07 Å². The molecule has 0 radical (unpaired) electrons. The van der Waals surface area contributed by atoms with Crippen LogP contribution < -0.4 is 10.1 Å². The van der Waals surface area contributed by atoms with Crippen molar-refractivity contribution in [1.29, 1.82) is 0 Å². The van der Waals surface area contributed by atoms with Gasteiger partial charge in [0.25, 0.3) is 0 Å². The van der Waals surface area contributed by atoms with Gasteiger partial charge in [-0.3, -0.25) is 4.98 Å². The van der Waals surface area contributed by atoms with Crippen molar-refractivity contribution in [2.45, 2.75) is 26.1 Å². The Kier molecular flexibility index (Phi) is 4.41. The van der Waals surface area contributed by atoms with E-state index in [-0.39, 0.29) is 18.7 Å². The Hall–Kier alpha value is -2.63. The van der Waals surface area contributed by atoms with E-state index in [0.29, 0.717) is 18.8 Å². The number of urea groups is 1. The van der Waals surface area contributed by atoms with E-state index in [0.717, 1.165) is 17.5 Å². The Labute approximate surface area is 134 Å². The van der Waals surface area contributed by atoms with Gasteiger partial charge in [0.2, 0.25) is 0 Å². The Morgan fingerprint density at radius 1 is 1.39 bits per heavy atom. The Balaban J connectivity index is 1.66. The first-order chi connectivity index (χ1) is 11.1. The molecule has 2 aromatic rings. The second kappa shape index (κ2) is 6.64. The molecule has 0 fully saturated rings. The third-order valence-corrected chi connectivity index (χ3v) is 3.64. The highest BCUT2D eigenvalue weighted by atomic mass is 19.1. The number of carbonyl (C=O) groups is 1. The van der Waals surface area contributed by atoms with E-state index in [4.69, 9.17) is 4.74 Å². The van der Waals surface area contributed by atoms with Crippen LogP contribution in [0.4, 0.5) is 9.18 Å². The summed E-state index contributed by atoms with van der Waals surface area (Å²) in [7, 11) is 0. The van der Waals surface area contributed by atoms with E-state index in [1.807, 2.05) is 31.2 Å². The minimum atomic E-state index is -0.393. The third kappa shape index (κ3) is 3.77. The molecule has 1 atom stereocenters. The standard InChI is InChI=1S/C17H18FN3O2/c1-12-10-21(11-13-4-2-3-5-16(13)23-12)17(22)20-9-15-7-6-14(18)8-19-15/h2-8,12H,9-11H2,1H3,(H,20,22). The van der Waals surface area contributed by atoms with E-state index in [1.54, 1.807) is 11.0 Å². The van der Waals surface area contributed by atoms with Gasteiger partial charge in [-0.15, -0.1) is 0 Å². The van der Waals surface area contributed by atoms with Crippen molar-refractivity contribution >= 4 is 6.03 Å². The molecule has 5 nitrogen and oxygen atoms in total. The maximum Gasteiger partial charge on any atom is 0.318 e. The number of hydrogen-bond donors (Lipinski definition) is 1. The zero-order valence-electron chi connectivity index (χ0n) is 12.8. The topological polar surface area (TPSA) is 54.5 Å². The quantitative estimate of drug-likeness (QED) is 0.927. The number of para-hydroxylation sites is 1. The summed E-state index contributed by atoms with van der Waals surface area (Å²) in [5.41, 5.74) is 1.59. The number of carbonyl (C=O) groups excluding carboxylic acids is 1. The van der Waals surface area contributed by atoms with Crippen molar-refractivity contribution in [2.75, 3.05) is 6.54 Å². The molecule has 0 bridgehead atoms. The largest absolute Gasteiger partial charge is 0.489 e. The summed E-state index contributed by atoms with van der Waals surface area (Å²) in [5.74, 6) is 0.422. The average Bonchev–Trinajstić information content (AvgIpc) is 2.72. The van der Waals surface area contributed by atoms with Gasteiger partial charge in [-0.25, -0.2) is 9.18 Å². The van der Waals surface area contributed by atoms with Gasteiger partial charge in [0.1, 0.15) is 17.7 Å². The molecule has 6 heteroatoms. The van der Waals surface area contributed by atoms with Gasteiger partial charge in [-0.2, -0.15) is 0 Å². The first kappa shape index (κ1) is 15.3. The van der Waals surface area contributed by atoms with Crippen LogP contribution in [0.3, 0.4) is 0 Å². The van der Waals surface area contributed by atoms with Crippen LogP contribution in [-0.2, 0) is 13.1 Å². The molecule has 1 unspecified atom stereocenters. The number of pyridine rings is 1. The summed E-state index contributed by atoms with van der Waals surface area (Å²) in [5, 5.41) is 2.81.